The second-order valence-corrected chi connectivity index (χ2v) is 12.1. The molecule has 0 bridgehead atoms. The van der Waals surface area contributed by atoms with Gasteiger partial charge >= 0.3 is 5.97 Å². The van der Waals surface area contributed by atoms with E-state index in [1.54, 1.807) is 11.6 Å². The number of hydrogen-bond donors (Lipinski definition) is 4. The number of amidine groups is 2. The Bertz CT molecular complexity index is 1580. The lowest BCUT2D eigenvalue weighted by Gasteiger charge is -2.41. The van der Waals surface area contributed by atoms with Gasteiger partial charge in [0.1, 0.15) is 35.9 Å². The van der Waals surface area contributed by atoms with Gasteiger partial charge in [-0.25, -0.2) is 4.98 Å². The number of nitrogens with one attached hydrogen (secondary N) is 1. The molecule has 240 valence electrons. The van der Waals surface area contributed by atoms with Crippen LogP contribution in [-0.2, 0) is 21.9 Å². The topological polar surface area (TPSA) is 182 Å². The smallest absolute Gasteiger partial charge is 0.306 e. The highest BCUT2D eigenvalue weighted by atomic mass is 16.5. The molecule has 2 aliphatic rings. The van der Waals surface area contributed by atoms with Gasteiger partial charge in [-0.2, -0.15) is 0 Å². The van der Waals surface area contributed by atoms with E-state index < -0.39 is 17.6 Å². The van der Waals surface area contributed by atoms with Gasteiger partial charge in [-0.1, -0.05) is 0 Å². The summed E-state index contributed by atoms with van der Waals surface area (Å²) in [6.45, 7) is 4.95. The van der Waals surface area contributed by atoms with Gasteiger partial charge in [0.25, 0.3) is 0 Å². The number of aromatic nitrogens is 2. The van der Waals surface area contributed by atoms with Gasteiger partial charge in [-0.05, 0) is 82.0 Å². The number of likely N-dealkylation sites (tertiary alicyclic amines) is 1. The molecule has 5 rings (SSSR count). The molecule has 1 saturated carbocycles. The van der Waals surface area contributed by atoms with Crippen LogP contribution in [0.4, 0.5) is 0 Å². The fourth-order valence-corrected chi connectivity index (χ4v) is 6.60. The first-order valence-electron chi connectivity index (χ1n) is 15.5. The Balaban J connectivity index is 1.40. The van der Waals surface area contributed by atoms with E-state index in [-0.39, 0.29) is 24.4 Å². The molecule has 45 heavy (non-hydrogen) atoms. The molecule has 0 spiro atoms. The number of hydrogen-bond acceptors (Lipinski definition) is 8. The summed E-state index contributed by atoms with van der Waals surface area (Å²) in [7, 11) is 1.61. The van der Waals surface area contributed by atoms with Crippen molar-refractivity contribution in [2.75, 3.05) is 20.1 Å². The molecule has 0 amide bonds. The average Bonchev–Trinajstić information content (AvgIpc) is 3.42. The summed E-state index contributed by atoms with van der Waals surface area (Å²) in [6.07, 6.45) is 3.72. The van der Waals surface area contributed by atoms with Crippen molar-refractivity contribution in [2.24, 2.45) is 28.3 Å². The number of benzene rings is 2. The highest BCUT2D eigenvalue weighted by Crippen LogP contribution is 2.40. The molecule has 12 nitrogen and oxygen atoms in total. The van der Waals surface area contributed by atoms with Crippen molar-refractivity contribution in [3.05, 3.63) is 53.9 Å². The number of nitrogens with zero attached hydrogens (tertiary/aromatic N) is 4. The third-order valence-corrected chi connectivity index (χ3v) is 9.30. The molecule has 1 atom stereocenters. The number of carbonyl (C=O) groups excluding carboxylic acids is 1. The number of Topliss-reactive ketones (excluding diaryl/α,β-unsaturated/α-hetero) is 1. The first-order valence-corrected chi connectivity index (χ1v) is 15.5. The van der Waals surface area contributed by atoms with E-state index in [0.29, 0.717) is 65.5 Å². The molecule has 2 aromatic carbocycles. The second-order valence-electron chi connectivity index (χ2n) is 12.1. The molecule has 1 aliphatic carbocycles. The van der Waals surface area contributed by atoms with Crippen LogP contribution in [-0.4, -0.2) is 69.2 Å². The molecule has 1 unspecified atom stereocenters. The predicted octanol–water partition coefficient (Wildman–Crippen LogP) is 3.88. The first-order chi connectivity index (χ1) is 21.5. The quantitative estimate of drug-likeness (QED) is 0.194. The molecular weight excluding hydrogens is 574 g/mol. The number of rotatable bonds is 10. The molecule has 2 heterocycles. The van der Waals surface area contributed by atoms with Gasteiger partial charge in [0.15, 0.2) is 11.4 Å². The minimum Gasteiger partial charge on any atom is -0.490 e. The zero-order valence-electron chi connectivity index (χ0n) is 26.2. The van der Waals surface area contributed by atoms with Gasteiger partial charge in [0.05, 0.1) is 22.8 Å². The van der Waals surface area contributed by atoms with Crippen molar-refractivity contribution in [1.29, 1.82) is 5.41 Å². The Morgan fingerprint density at radius 2 is 1.69 bits per heavy atom. The summed E-state index contributed by atoms with van der Waals surface area (Å²) < 4.78 is 14.2. The van der Waals surface area contributed by atoms with Gasteiger partial charge < -0.3 is 30.9 Å². The highest BCUT2D eigenvalue weighted by Gasteiger charge is 2.46. The molecule has 6 N–H and O–H groups in total. The maximum absolute atomic E-state index is 13.4. The number of piperidine rings is 1. The van der Waals surface area contributed by atoms with Crippen LogP contribution in [0.2, 0.25) is 0 Å². The van der Waals surface area contributed by atoms with E-state index in [0.717, 1.165) is 31.7 Å². The number of nitrogens with two attached hydrogens (primary N) is 2. The lowest BCUT2D eigenvalue weighted by atomic mass is 9.74. The van der Waals surface area contributed by atoms with Crippen LogP contribution in [0.1, 0.15) is 63.8 Å². The molecular formula is C33H43N7O5. The fraction of sp³-hybridized carbons (Fsp3) is 0.485. The van der Waals surface area contributed by atoms with Crippen molar-refractivity contribution >= 4 is 34.5 Å². The van der Waals surface area contributed by atoms with Crippen LogP contribution >= 0.6 is 0 Å². The molecule has 1 aliphatic heterocycles. The maximum atomic E-state index is 13.4. The van der Waals surface area contributed by atoms with Crippen LogP contribution in [0, 0.1) is 17.2 Å². The number of fused-ring (bicyclic) bond motifs is 1. The number of carboxylic acid groups (broad SMARTS) is 1. The van der Waals surface area contributed by atoms with E-state index in [4.69, 9.17) is 31.3 Å². The molecule has 3 aromatic rings. The monoisotopic (exact) mass is 617 g/mol. The van der Waals surface area contributed by atoms with E-state index in [1.165, 1.54) is 6.92 Å². The third kappa shape index (κ3) is 6.65. The number of imidazole rings is 1. The Morgan fingerprint density at radius 3 is 2.27 bits per heavy atom. The summed E-state index contributed by atoms with van der Waals surface area (Å²) in [4.78, 5) is 36.1. The van der Waals surface area contributed by atoms with Crippen molar-refractivity contribution in [3.8, 4) is 11.5 Å². The molecule has 0 radical (unpaired) electrons. The fourth-order valence-electron chi connectivity index (χ4n) is 6.60. The number of ketones is 1. The van der Waals surface area contributed by atoms with Gasteiger partial charge in [-0.15, -0.1) is 0 Å². The lowest BCUT2D eigenvalue weighted by molar-refractivity contribution is -0.143. The van der Waals surface area contributed by atoms with Crippen molar-refractivity contribution < 1.29 is 24.2 Å². The number of carbonyl (C=O) groups is 2. The van der Waals surface area contributed by atoms with Crippen LogP contribution in [0.25, 0.3) is 11.0 Å². The van der Waals surface area contributed by atoms with E-state index in [1.807, 2.05) is 49.4 Å². The number of carboxylic acids is 1. The van der Waals surface area contributed by atoms with Crippen LogP contribution in [0.15, 0.2) is 47.5 Å². The Hall–Kier alpha value is -4.45. The summed E-state index contributed by atoms with van der Waals surface area (Å²) in [5.74, 6) is 0.998. The van der Waals surface area contributed by atoms with Gasteiger partial charge in [0, 0.05) is 44.5 Å². The Kier molecular flexibility index (Phi) is 9.42. The second kappa shape index (κ2) is 13.3. The summed E-state index contributed by atoms with van der Waals surface area (Å²) in [5.41, 5.74) is 13.7. The standard InChI is InChI=1S/C33H43N7O5/c1-20(41)33(36,24-7-4-22(5-8-24)32(42)43)40-29-13-6-23(31(35)37-3)18-28(29)38-30(40)19-44-25-9-11-26(12-10-25)45-27-14-16-39(17-15-27)21(2)34/h6,9-13,18,22,24,27,34H,4-5,7-8,14-17,19,36H2,1-3H3,(H2,35,37)(H,42,43). The van der Waals surface area contributed by atoms with E-state index >= 15 is 0 Å². The third-order valence-electron chi connectivity index (χ3n) is 9.30. The van der Waals surface area contributed by atoms with Crippen molar-refractivity contribution in [2.45, 2.75) is 70.7 Å². The zero-order valence-corrected chi connectivity index (χ0v) is 26.2. The maximum Gasteiger partial charge on any atom is 0.306 e. The predicted molar refractivity (Wildman–Crippen MR) is 172 cm³/mol. The molecule has 2 fully saturated rings. The number of aliphatic imine (C=N–C) groups is 1. The summed E-state index contributed by atoms with van der Waals surface area (Å²) in [6, 6.07) is 12.9. The van der Waals surface area contributed by atoms with Crippen LogP contribution in [0.3, 0.4) is 0 Å². The van der Waals surface area contributed by atoms with Crippen molar-refractivity contribution in [3.63, 3.8) is 0 Å². The van der Waals surface area contributed by atoms with Crippen LogP contribution in [0.5, 0.6) is 11.5 Å². The normalized spacial score (nSPS) is 20.9. The minimum atomic E-state index is -1.45. The first kappa shape index (κ1) is 32.0. The van der Waals surface area contributed by atoms with Gasteiger partial charge in [-0.3, -0.25) is 24.6 Å². The minimum absolute atomic E-state index is 0.0414. The zero-order chi connectivity index (χ0) is 32.3. The molecule has 1 aromatic heterocycles. The average molecular weight is 618 g/mol. The lowest BCUT2D eigenvalue weighted by Crippen LogP contribution is -2.56. The summed E-state index contributed by atoms with van der Waals surface area (Å²) in [5, 5.41) is 17.4. The van der Waals surface area contributed by atoms with Crippen LogP contribution < -0.4 is 20.9 Å². The molecule has 1 saturated heterocycles. The van der Waals surface area contributed by atoms with Crippen molar-refractivity contribution in [1.82, 2.24) is 14.5 Å². The molecule has 12 heteroatoms. The number of aliphatic carboxylic acids is 1. The number of ether oxygens (including phenoxy) is 2. The van der Waals surface area contributed by atoms with E-state index in [9.17, 15) is 14.7 Å². The van der Waals surface area contributed by atoms with Gasteiger partial charge in [0.2, 0.25) is 0 Å². The highest BCUT2D eigenvalue weighted by molar-refractivity contribution is 6.00. The SMILES string of the molecule is CN=C(N)c1ccc2c(c1)nc(COc1ccc(OC3CCN(C(C)=N)CC3)cc1)n2C(N)(C(C)=O)C1CCC(C(=O)O)CC1. The summed E-state index contributed by atoms with van der Waals surface area (Å²) >= 11 is 0. The Labute approximate surface area is 262 Å². The van der Waals surface area contributed by atoms with E-state index in [2.05, 4.69) is 9.89 Å². The Morgan fingerprint density at radius 1 is 1.04 bits per heavy atom. The largest absolute Gasteiger partial charge is 0.490 e.